The lowest BCUT2D eigenvalue weighted by atomic mass is 9.56. The third-order valence-corrected chi connectivity index (χ3v) is 11.3. The number of hydrogen-bond acceptors (Lipinski definition) is 6. The van der Waals surface area contributed by atoms with Crippen LogP contribution in [0.2, 0.25) is 5.02 Å². The first-order chi connectivity index (χ1) is 21.8. The standard InChI is InChI=1S/C33H22Cl3FN2O7/c34-24-13-19(40)8-9-21(24)26-20-10-11-22-25(28(42)38(27(22)41)18-3-1-2-15(12-18)29(43)44)23(20)14-32(35)30(45)39(31(46)33(26,32)36)17-6-4-16(37)5-7-17/h1-10,12-13,22-23,25-26,40H,11,14H2,(H,43,44). The van der Waals surface area contributed by atoms with Crippen molar-refractivity contribution in [2.45, 2.75) is 28.5 Å². The maximum absolute atomic E-state index is 14.4. The summed E-state index contributed by atoms with van der Waals surface area (Å²) in [7, 11) is 0. The number of hydrogen-bond donors (Lipinski definition) is 2. The van der Waals surface area contributed by atoms with Gasteiger partial charge in [-0.2, -0.15) is 0 Å². The molecule has 6 atom stereocenters. The lowest BCUT2D eigenvalue weighted by Crippen LogP contribution is -2.60. The number of carbonyl (C=O) groups is 5. The van der Waals surface area contributed by atoms with E-state index in [1.54, 1.807) is 6.08 Å². The predicted molar refractivity (Wildman–Crippen MR) is 166 cm³/mol. The molecule has 2 N–H and O–H groups in total. The second-order valence-corrected chi connectivity index (χ2v) is 13.5. The molecule has 6 unspecified atom stereocenters. The number of alkyl halides is 2. The Morgan fingerprint density at radius 3 is 2.26 bits per heavy atom. The highest BCUT2D eigenvalue weighted by Crippen LogP contribution is 2.66. The first-order valence-corrected chi connectivity index (χ1v) is 15.3. The average molecular weight is 684 g/mol. The van der Waals surface area contributed by atoms with Gasteiger partial charge in [0.05, 0.1) is 28.8 Å². The minimum Gasteiger partial charge on any atom is -0.508 e. The average Bonchev–Trinajstić information content (AvgIpc) is 3.36. The number of benzene rings is 3. The predicted octanol–water partition coefficient (Wildman–Crippen LogP) is 5.65. The van der Waals surface area contributed by atoms with E-state index >= 15 is 0 Å². The van der Waals surface area contributed by atoms with Crippen molar-refractivity contribution in [1.29, 1.82) is 0 Å². The van der Waals surface area contributed by atoms with Gasteiger partial charge in [-0.15, -0.1) is 23.2 Å². The monoisotopic (exact) mass is 682 g/mol. The van der Waals surface area contributed by atoms with Crippen molar-refractivity contribution in [3.8, 4) is 5.75 Å². The van der Waals surface area contributed by atoms with Crippen LogP contribution in [0.15, 0.2) is 78.4 Å². The third kappa shape index (κ3) is 4.03. The molecule has 1 saturated carbocycles. The maximum atomic E-state index is 14.4. The Balaban J connectivity index is 1.39. The third-order valence-electron chi connectivity index (χ3n) is 9.54. The number of imide groups is 2. The molecule has 0 bridgehead atoms. The number of rotatable bonds is 4. The maximum Gasteiger partial charge on any atom is 0.335 e. The van der Waals surface area contributed by atoms with Gasteiger partial charge < -0.3 is 10.2 Å². The fraction of sp³-hybridized carbons (Fsp3) is 0.242. The van der Waals surface area contributed by atoms with E-state index in [2.05, 4.69) is 0 Å². The SMILES string of the molecule is O=C(O)c1cccc(N2C(=O)C3CC=C4C(CC5(Cl)C(=O)N(c6ccc(F)cc6)C(=O)C5(Cl)C4c4ccc(O)cc4Cl)C3C2=O)c1. The fourth-order valence-corrected chi connectivity index (χ4v) is 8.74. The lowest BCUT2D eigenvalue weighted by Gasteiger charge is -2.50. The Labute approximate surface area is 275 Å². The number of carboxylic acids is 1. The molecule has 2 aliphatic carbocycles. The molecule has 2 heterocycles. The number of phenolic OH excluding ortho intramolecular Hbond substituents is 1. The molecule has 0 radical (unpaired) electrons. The summed E-state index contributed by atoms with van der Waals surface area (Å²) in [4.78, 5) is 65.6. The summed E-state index contributed by atoms with van der Waals surface area (Å²) in [6.07, 6.45) is 1.50. The van der Waals surface area contributed by atoms with Gasteiger partial charge >= 0.3 is 5.97 Å². The molecule has 234 valence electrons. The molecule has 3 aromatic rings. The molecule has 4 amide bonds. The van der Waals surface area contributed by atoms with Gasteiger partial charge in [-0.1, -0.05) is 35.4 Å². The molecule has 13 heteroatoms. The number of anilines is 2. The number of nitrogens with zero attached hydrogens (tertiary/aromatic N) is 2. The largest absolute Gasteiger partial charge is 0.508 e. The second-order valence-electron chi connectivity index (χ2n) is 11.8. The molecular weight excluding hydrogens is 662 g/mol. The van der Waals surface area contributed by atoms with E-state index in [0.717, 1.165) is 21.9 Å². The molecule has 7 rings (SSSR count). The number of carboxylic acid groups (broad SMARTS) is 1. The quantitative estimate of drug-likeness (QED) is 0.206. The zero-order chi connectivity index (χ0) is 32.9. The van der Waals surface area contributed by atoms with E-state index in [4.69, 9.17) is 34.8 Å². The summed E-state index contributed by atoms with van der Waals surface area (Å²) < 4.78 is 13.8. The van der Waals surface area contributed by atoms with Crippen LogP contribution in [0.5, 0.6) is 5.75 Å². The first kappa shape index (κ1) is 30.4. The zero-order valence-electron chi connectivity index (χ0n) is 23.5. The molecule has 9 nitrogen and oxygen atoms in total. The van der Waals surface area contributed by atoms with Gasteiger partial charge in [-0.3, -0.25) is 24.1 Å². The van der Waals surface area contributed by atoms with E-state index in [1.165, 1.54) is 54.6 Å². The van der Waals surface area contributed by atoms with E-state index in [1.807, 2.05) is 0 Å². The summed E-state index contributed by atoms with van der Waals surface area (Å²) in [5.41, 5.74) is 0.742. The summed E-state index contributed by atoms with van der Waals surface area (Å²) in [6.45, 7) is 0. The molecular formula is C33H22Cl3FN2O7. The summed E-state index contributed by atoms with van der Waals surface area (Å²) >= 11 is 21.2. The molecule has 3 fully saturated rings. The number of allylic oxidation sites excluding steroid dienone is 2. The molecule has 2 aliphatic heterocycles. The van der Waals surface area contributed by atoms with E-state index in [9.17, 15) is 38.6 Å². The minimum atomic E-state index is -2.18. The van der Waals surface area contributed by atoms with Crippen LogP contribution in [0.4, 0.5) is 15.8 Å². The number of aromatic hydroxyl groups is 1. The Kier molecular flexibility index (Phi) is 6.86. The zero-order valence-corrected chi connectivity index (χ0v) is 25.8. The summed E-state index contributed by atoms with van der Waals surface area (Å²) in [6, 6.07) is 14.2. The molecule has 0 spiro atoms. The topological polar surface area (TPSA) is 132 Å². The molecule has 0 aromatic heterocycles. The molecule has 3 aromatic carbocycles. The van der Waals surface area contributed by atoms with Gasteiger partial charge in [0.1, 0.15) is 11.6 Å². The minimum absolute atomic E-state index is 0.0223. The van der Waals surface area contributed by atoms with Crippen molar-refractivity contribution < 1.29 is 38.6 Å². The number of fused-ring (bicyclic) bond motifs is 4. The van der Waals surface area contributed by atoms with Gasteiger partial charge in [0.2, 0.25) is 11.8 Å². The van der Waals surface area contributed by atoms with Crippen molar-refractivity contribution in [2.24, 2.45) is 17.8 Å². The summed E-state index contributed by atoms with van der Waals surface area (Å²) in [5, 5.41) is 19.6. The fourth-order valence-electron chi connectivity index (χ4n) is 7.53. The van der Waals surface area contributed by atoms with E-state index in [-0.39, 0.29) is 46.1 Å². The number of halogens is 4. The van der Waals surface area contributed by atoms with Gasteiger partial charge in [0.25, 0.3) is 11.8 Å². The highest BCUT2D eigenvalue weighted by Gasteiger charge is 2.76. The van der Waals surface area contributed by atoms with Gasteiger partial charge in [0, 0.05) is 10.9 Å². The molecule has 2 saturated heterocycles. The van der Waals surface area contributed by atoms with Crippen LogP contribution < -0.4 is 9.80 Å². The van der Waals surface area contributed by atoms with Gasteiger partial charge in [-0.25, -0.2) is 14.1 Å². The number of phenols is 1. The van der Waals surface area contributed by atoms with Crippen molar-refractivity contribution in [3.05, 3.63) is 100 Å². The number of aromatic carboxylic acids is 1. The van der Waals surface area contributed by atoms with Gasteiger partial charge in [0.15, 0.2) is 9.75 Å². The van der Waals surface area contributed by atoms with Crippen LogP contribution in [-0.4, -0.2) is 49.6 Å². The van der Waals surface area contributed by atoms with Crippen molar-refractivity contribution in [3.63, 3.8) is 0 Å². The van der Waals surface area contributed by atoms with Gasteiger partial charge in [-0.05, 0) is 78.9 Å². The first-order valence-electron chi connectivity index (χ1n) is 14.2. The van der Waals surface area contributed by atoms with E-state index < -0.39 is 68.8 Å². The number of carbonyl (C=O) groups excluding carboxylic acids is 4. The van der Waals surface area contributed by atoms with Crippen LogP contribution in [0.25, 0.3) is 0 Å². The molecule has 4 aliphatic rings. The Hall–Kier alpha value is -4.25. The normalized spacial score (nSPS) is 30.2. The lowest BCUT2D eigenvalue weighted by molar-refractivity contribution is -0.125. The second kappa shape index (κ2) is 10.4. The van der Waals surface area contributed by atoms with Crippen LogP contribution in [0.1, 0.15) is 34.7 Å². The Morgan fingerprint density at radius 1 is 0.870 bits per heavy atom. The Bertz CT molecular complexity index is 1930. The van der Waals surface area contributed by atoms with Crippen molar-refractivity contribution in [1.82, 2.24) is 0 Å². The van der Waals surface area contributed by atoms with Crippen molar-refractivity contribution >= 4 is 75.8 Å². The van der Waals surface area contributed by atoms with Crippen LogP contribution in [0, 0.1) is 23.6 Å². The van der Waals surface area contributed by atoms with E-state index in [0.29, 0.717) is 5.57 Å². The van der Waals surface area contributed by atoms with Crippen LogP contribution >= 0.6 is 34.8 Å². The van der Waals surface area contributed by atoms with Crippen LogP contribution in [0.3, 0.4) is 0 Å². The molecule has 46 heavy (non-hydrogen) atoms. The van der Waals surface area contributed by atoms with Crippen LogP contribution in [-0.2, 0) is 19.2 Å². The Morgan fingerprint density at radius 2 is 1.59 bits per heavy atom. The highest BCUT2D eigenvalue weighted by molar-refractivity contribution is 6.58. The van der Waals surface area contributed by atoms with Crippen molar-refractivity contribution in [2.75, 3.05) is 9.80 Å². The highest BCUT2D eigenvalue weighted by atomic mass is 35.5. The smallest absolute Gasteiger partial charge is 0.335 e. The number of amides is 4. The summed E-state index contributed by atoms with van der Waals surface area (Å²) in [5.74, 6) is -8.87.